The van der Waals surface area contributed by atoms with E-state index < -0.39 is 36.2 Å². The SMILES string of the molecule is CCC[C@@H](CC(=O)O)NC(=O)[C@H](NC(=O)OCC1c2ccccc2-c2ccccc21)[C@H](C)OCc1ccccc1. The van der Waals surface area contributed by atoms with Crippen molar-refractivity contribution in [2.75, 3.05) is 6.61 Å². The Bertz CT molecular complexity index is 1270. The molecule has 2 amide bonds. The molecular weight excluding hydrogens is 508 g/mol. The molecule has 4 rings (SSSR count). The summed E-state index contributed by atoms with van der Waals surface area (Å²) in [5, 5.41) is 14.7. The van der Waals surface area contributed by atoms with Crippen molar-refractivity contribution in [2.24, 2.45) is 0 Å². The van der Waals surface area contributed by atoms with Crippen LogP contribution in [0.15, 0.2) is 78.9 Å². The van der Waals surface area contributed by atoms with E-state index in [2.05, 4.69) is 22.8 Å². The summed E-state index contributed by atoms with van der Waals surface area (Å²) in [5.74, 6) is -1.65. The first kappa shape index (κ1) is 28.8. The number of alkyl carbamates (subject to hydrolysis) is 1. The van der Waals surface area contributed by atoms with Gasteiger partial charge < -0.3 is 25.2 Å². The number of carboxylic acid groups (broad SMARTS) is 1. The number of hydrogen-bond donors (Lipinski definition) is 3. The van der Waals surface area contributed by atoms with Gasteiger partial charge in [-0.1, -0.05) is 92.2 Å². The highest BCUT2D eigenvalue weighted by molar-refractivity contribution is 5.87. The van der Waals surface area contributed by atoms with Gasteiger partial charge in [0, 0.05) is 12.0 Å². The molecule has 0 spiro atoms. The molecule has 0 bridgehead atoms. The first-order valence-electron chi connectivity index (χ1n) is 13.7. The van der Waals surface area contributed by atoms with Crippen molar-refractivity contribution in [3.63, 3.8) is 0 Å². The highest BCUT2D eigenvalue weighted by atomic mass is 16.5. The van der Waals surface area contributed by atoms with Gasteiger partial charge in [-0.3, -0.25) is 9.59 Å². The smallest absolute Gasteiger partial charge is 0.407 e. The summed E-state index contributed by atoms with van der Waals surface area (Å²) in [4.78, 5) is 37.7. The third-order valence-corrected chi connectivity index (χ3v) is 7.13. The van der Waals surface area contributed by atoms with Gasteiger partial charge in [0.1, 0.15) is 12.6 Å². The van der Waals surface area contributed by atoms with Crippen molar-refractivity contribution >= 4 is 18.0 Å². The van der Waals surface area contributed by atoms with Crippen LogP contribution in [0.3, 0.4) is 0 Å². The van der Waals surface area contributed by atoms with Crippen molar-refractivity contribution in [2.45, 2.75) is 63.8 Å². The Morgan fingerprint density at radius 1 is 0.875 bits per heavy atom. The van der Waals surface area contributed by atoms with E-state index in [9.17, 15) is 19.5 Å². The molecule has 0 saturated heterocycles. The molecule has 0 unspecified atom stereocenters. The lowest BCUT2D eigenvalue weighted by atomic mass is 9.98. The van der Waals surface area contributed by atoms with Gasteiger partial charge in [0.15, 0.2) is 0 Å². The number of amides is 2. The zero-order valence-electron chi connectivity index (χ0n) is 22.8. The third-order valence-electron chi connectivity index (χ3n) is 7.13. The summed E-state index contributed by atoms with van der Waals surface area (Å²) in [6.45, 7) is 3.96. The molecule has 3 aromatic carbocycles. The number of benzene rings is 3. The van der Waals surface area contributed by atoms with Gasteiger partial charge in [-0.25, -0.2) is 4.79 Å². The van der Waals surface area contributed by atoms with Crippen molar-refractivity contribution in [3.05, 3.63) is 95.6 Å². The maximum absolute atomic E-state index is 13.3. The molecule has 210 valence electrons. The monoisotopic (exact) mass is 544 g/mol. The van der Waals surface area contributed by atoms with Crippen LogP contribution in [-0.2, 0) is 25.7 Å². The molecule has 0 heterocycles. The molecule has 3 atom stereocenters. The van der Waals surface area contributed by atoms with Gasteiger partial charge in [0.05, 0.1) is 19.1 Å². The topological polar surface area (TPSA) is 114 Å². The fourth-order valence-corrected chi connectivity index (χ4v) is 5.14. The Balaban J connectivity index is 1.45. The minimum Gasteiger partial charge on any atom is -0.481 e. The predicted octanol–water partition coefficient (Wildman–Crippen LogP) is 5.26. The molecule has 0 saturated carbocycles. The zero-order chi connectivity index (χ0) is 28.5. The fourth-order valence-electron chi connectivity index (χ4n) is 5.14. The van der Waals surface area contributed by atoms with E-state index in [0.717, 1.165) is 27.8 Å². The van der Waals surface area contributed by atoms with Gasteiger partial charge in [-0.2, -0.15) is 0 Å². The molecule has 0 aliphatic heterocycles. The first-order valence-corrected chi connectivity index (χ1v) is 13.7. The minimum absolute atomic E-state index is 0.102. The second-order valence-electron chi connectivity index (χ2n) is 10.0. The second-order valence-corrected chi connectivity index (χ2v) is 10.0. The summed E-state index contributed by atoms with van der Waals surface area (Å²) in [6.07, 6.45) is -0.482. The van der Waals surface area contributed by atoms with Crippen molar-refractivity contribution in [1.29, 1.82) is 0 Å². The van der Waals surface area contributed by atoms with Crippen LogP contribution in [0, 0.1) is 0 Å². The molecule has 8 nitrogen and oxygen atoms in total. The van der Waals surface area contributed by atoms with Crippen molar-refractivity contribution < 1.29 is 29.0 Å². The van der Waals surface area contributed by atoms with E-state index in [1.54, 1.807) is 6.92 Å². The van der Waals surface area contributed by atoms with Crippen LogP contribution in [-0.4, -0.2) is 47.9 Å². The fraction of sp³-hybridized carbons (Fsp3) is 0.344. The van der Waals surface area contributed by atoms with E-state index in [-0.39, 0.29) is 25.6 Å². The molecular formula is C32H36N2O6. The van der Waals surface area contributed by atoms with Crippen molar-refractivity contribution in [3.8, 4) is 11.1 Å². The number of carbonyl (C=O) groups is 3. The van der Waals surface area contributed by atoms with Gasteiger partial charge in [-0.05, 0) is 41.2 Å². The van der Waals surface area contributed by atoms with Crippen LogP contribution >= 0.6 is 0 Å². The predicted molar refractivity (Wildman–Crippen MR) is 152 cm³/mol. The standard InChI is InChI=1S/C32H36N2O6/c1-3-11-23(18-29(35)36)33-31(37)30(21(2)39-19-22-12-5-4-6-13-22)34-32(38)40-20-28-26-16-9-7-14-24(26)25-15-8-10-17-27(25)28/h4-10,12-17,21,23,28,30H,3,11,18-20H2,1-2H3,(H,33,37)(H,34,38)(H,35,36)/t21-,23-,30+/m0/s1. The maximum Gasteiger partial charge on any atom is 0.407 e. The van der Waals surface area contributed by atoms with Gasteiger partial charge in [0.25, 0.3) is 0 Å². The summed E-state index contributed by atoms with van der Waals surface area (Å²) in [6, 6.07) is 23.9. The van der Waals surface area contributed by atoms with Crippen LogP contribution in [0.4, 0.5) is 4.79 Å². The lowest BCUT2D eigenvalue weighted by Crippen LogP contribution is -2.55. The molecule has 3 aromatic rings. The quantitative estimate of drug-likeness (QED) is 0.271. The van der Waals surface area contributed by atoms with Crippen LogP contribution in [0.2, 0.25) is 0 Å². The van der Waals surface area contributed by atoms with E-state index in [4.69, 9.17) is 9.47 Å². The molecule has 40 heavy (non-hydrogen) atoms. The largest absolute Gasteiger partial charge is 0.481 e. The Morgan fingerprint density at radius 2 is 1.48 bits per heavy atom. The van der Waals surface area contributed by atoms with E-state index >= 15 is 0 Å². The van der Waals surface area contributed by atoms with Gasteiger partial charge in [-0.15, -0.1) is 0 Å². The Labute approximate surface area is 234 Å². The summed E-state index contributed by atoms with van der Waals surface area (Å²) >= 11 is 0. The van der Waals surface area contributed by atoms with Crippen LogP contribution in [0.25, 0.3) is 11.1 Å². The number of rotatable bonds is 13. The highest BCUT2D eigenvalue weighted by Crippen LogP contribution is 2.44. The number of hydrogen-bond acceptors (Lipinski definition) is 5. The van der Waals surface area contributed by atoms with Crippen LogP contribution in [0.1, 0.15) is 55.7 Å². The molecule has 1 aliphatic carbocycles. The van der Waals surface area contributed by atoms with Crippen LogP contribution < -0.4 is 10.6 Å². The minimum atomic E-state index is -1.09. The highest BCUT2D eigenvalue weighted by Gasteiger charge is 2.32. The summed E-state index contributed by atoms with van der Waals surface area (Å²) in [7, 11) is 0. The number of aliphatic carboxylic acids is 1. The molecule has 1 aliphatic rings. The van der Waals surface area contributed by atoms with Gasteiger partial charge in [0.2, 0.25) is 5.91 Å². The van der Waals surface area contributed by atoms with Crippen molar-refractivity contribution in [1.82, 2.24) is 10.6 Å². The molecule has 0 fully saturated rings. The summed E-state index contributed by atoms with van der Waals surface area (Å²) < 4.78 is 11.6. The average Bonchev–Trinajstić information content (AvgIpc) is 3.27. The zero-order valence-corrected chi connectivity index (χ0v) is 22.8. The molecule has 3 N–H and O–H groups in total. The van der Waals surface area contributed by atoms with Crippen LogP contribution in [0.5, 0.6) is 0 Å². The average molecular weight is 545 g/mol. The molecule has 0 radical (unpaired) electrons. The third kappa shape index (κ3) is 7.27. The Hall–Kier alpha value is -4.17. The van der Waals surface area contributed by atoms with E-state index in [1.165, 1.54) is 0 Å². The molecule has 0 aromatic heterocycles. The molecule has 8 heteroatoms. The van der Waals surface area contributed by atoms with E-state index in [1.807, 2.05) is 73.7 Å². The first-order chi connectivity index (χ1) is 19.4. The maximum atomic E-state index is 13.3. The van der Waals surface area contributed by atoms with Gasteiger partial charge >= 0.3 is 12.1 Å². The number of ether oxygens (including phenoxy) is 2. The van der Waals surface area contributed by atoms with E-state index in [0.29, 0.717) is 12.8 Å². The lowest BCUT2D eigenvalue weighted by molar-refractivity contribution is -0.138. The Kier molecular flexibility index (Phi) is 9.91. The second kappa shape index (κ2) is 13.8. The Morgan fingerprint density at radius 3 is 2.08 bits per heavy atom. The summed E-state index contributed by atoms with van der Waals surface area (Å²) in [5.41, 5.74) is 5.33. The number of carboxylic acids is 1. The number of fused-ring (bicyclic) bond motifs is 3. The number of carbonyl (C=O) groups excluding carboxylic acids is 2. The number of nitrogens with one attached hydrogen (secondary N) is 2. The lowest BCUT2D eigenvalue weighted by Gasteiger charge is -2.27. The normalized spacial score (nSPS) is 14.3.